The van der Waals surface area contributed by atoms with Crippen LogP contribution in [0.4, 0.5) is 11.4 Å². The normalized spacial score (nSPS) is 11.4. The number of aromatic nitrogens is 2. The Morgan fingerprint density at radius 3 is 2.43 bits per heavy atom. The summed E-state index contributed by atoms with van der Waals surface area (Å²) in [6, 6.07) is 22.6. The molecular weight excluding hydrogens is 344 g/mol. The molecule has 0 spiro atoms. The van der Waals surface area contributed by atoms with Crippen LogP contribution in [0.2, 0.25) is 0 Å². The molecule has 4 aromatic rings. The van der Waals surface area contributed by atoms with Crippen molar-refractivity contribution < 1.29 is 0 Å². The number of nitrogens with zero attached hydrogens (tertiary/aromatic N) is 3. The van der Waals surface area contributed by atoms with Crippen LogP contribution in [0.3, 0.4) is 0 Å². The summed E-state index contributed by atoms with van der Waals surface area (Å²) >= 11 is 0. The fraction of sp³-hybridized carbons (Fsp3) is 0.167. The van der Waals surface area contributed by atoms with Gasteiger partial charge in [-0.05, 0) is 45.0 Å². The van der Waals surface area contributed by atoms with Gasteiger partial charge < -0.3 is 9.88 Å². The van der Waals surface area contributed by atoms with E-state index >= 15 is 0 Å². The van der Waals surface area contributed by atoms with Crippen molar-refractivity contribution in [2.45, 2.75) is 26.3 Å². The summed E-state index contributed by atoms with van der Waals surface area (Å²) in [7, 11) is 0. The van der Waals surface area contributed by atoms with Gasteiger partial charge in [0.1, 0.15) is 11.7 Å². The third kappa shape index (κ3) is 3.23. The van der Waals surface area contributed by atoms with Gasteiger partial charge in [0.2, 0.25) is 0 Å². The second-order valence-corrected chi connectivity index (χ2v) is 7.83. The van der Waals surface area contributed by atoms with Crippen molar-refractivity contribution >= 4 is 22.4 Å². The largest absolute Gasteiger partial charge is 0.355 e. The first-order valence-corrected chi connectivity index (χ1v) is 9.30. The van der Waals surface area contributed by atoms with Gasteiger partial charge in [-0.1, -0.05) is 36.4 Å². The predicted molar refractivity (Wildman–Crippen MR) is 115 cm³/mol. The SMILES string of the molecule is CC(C)(C)n1cc(C#N)c2cc(-c3ccccc3Nc3ccccc3)cnc21. The minimum Gasteiger partial charge on any atom is -0.355 e. The molecule has 2 aromatic heterocycles. The van der Waals surface area contributed by atoms with E-state index in [1.807, 2.05) is 54.9 Å². The van der Waals surface area contributed by atoms with Crippen molar-refractivity contribution in [2.75, 3.05) is 5.32 Å². The highest BCUT2D eigenvalue weighted by molar-refractivity contribution is 5.90. The standard InChI is InChI=1S/C24H22N4/c1-24(2,3)28-16-18(14-25)21-13-17(15-26-23(21)28)20-11-7-8-12-22(20)27-19-9-5-4-6-10-19/h4-13,15-16,27H,1-3H3. The topological polar surface area (TPSA) is 53.6 Å². The number of nitrogens with one attached hydrogen (secondary N) is 1. The van der Waals surface area contributed by atoms with Crippen molar-refractivity contribution in [3.8, 4) is 17.2 Å². The third-order valence-corrected chi connectivity index (χ3v) is 4.78. The predicted octanol–water partition coefficient (Wildman–Crippen LogP) is 6.07. The van der Waals surface area contributed by atoms with E-state index in [4.69, 9.17) is 4.98 Å². The van der Waals surface area contributed by atoms with Gasteiger partial charge in [-0.15, -0.1) is 0 Å². The summed E-state index contributed by atoms with van der Waals surface area (Å²) in [4.78, 5) is 4.72. The van der Waals surface area contributed by atoms with Crippen molar-refractivity contribution in [3.05, 3.63) is 78.6 Å². The van der Waals surface area contributed by atoms with E-state index in [-0.39, 0.29) is 5.54 Å². The van der Waals surface area contributed by atoms with Crippen LogP contribution in [-0.2, 0) is 5.54 Å². The minimum absolute atomic E-state index is 0.144. The van der Waals surface area contributed by atoms with Gasteiger partial charge in [-0.2, -0.15) is 5.26 Å². The quantitative estimate of drug-likeness (QED) is 0.478. The molecule has 0 saturated carbocycles. The highest BCUT2D eigenvalue weighted by atomic mass is 15.1. The molecule has 2 aromatic carbocycles. The van der Waals surface area contributed by atoms with Crippen LogP contribution in [0.1, 0.15) is 26.3 Å². The van der Waals surface area contributed by atoms with E-state index in [0.29, 0.717) is 5.56 Å². The fourth-order valence-corrected chi connectivity index (χ4v) is 3.38. The van der Waals surface area contributed by atoms with Crippen molar-refractivity contribution in [3.63, 3.8) is 0 Å². The fourth-order valence-electron chi connectivity index (χ4n) is 3.38. The molecule has 0 fully saturated rings. The third-order valence-electron chi connectivity index (χ3n) is 4.78. The molecule has 0 aliphatic rings. The summed E-state index contributed by atoms with van der Waals surface area (Å²) in [5.41, 5.74) is 5.40. The number of nitriles is 1. The van der Waals surface area contributed by atoms with Crippen LogP contribution >= 0.6 is 0 Å². The molecule has 4 nitrogen and oxygen atoms in total. The number of hydrogen-bond acceptors (Lipinski definition) is 3. The Balaban J connectivity index is 1.84. The minimum atomic E-state index is -0.144. The smallest absolute Gasteiger partial charge is 0.141 e. The Bertz CT molecular complexity index is 1170. The van der Waals surface area contributed by atoms with E-state index < -0.39 is 0 Å². The molecule has 0 radical (unpaired) electrons. The number of rotatable bonds is 3. The van der Waals surface area contributed by atoms with E-state index in [1.165, 1.54) is 0 Å². The zero-order valence-electron chi connectivity index (χ0n) is 16.3. The van der Waals surface area contributed by atoms with Crippen LogP contribution in [0, 0.1) is 11.3 Å². The Morgan fingerprint density at radius 1 is 1.00 bits per heavy atom. The highest BCUT2D eigenvalue weighted by Gasteiger charge is 2.20. The van der Waals surface area contributed by atoms with Crippen LogP contribution in [0.15, 0.2) is 73.1 Å². The molecule has 4 heteroatoms. The lowest BCUT2D eigenvalue weighted by molar-refractivity contribution is 0.408. The first-order valence-electron chi connectivity index (χ1n) is 9.30. The molecule has 0 unspecified atom stereocenters. The zero-order valence-corrected chi connectivity index (χ0v) is 16.3. The Labute approximate surface area is 165 Å². The van der Waals surface area contributed by atoms with Gasteiger partial charge in [-0.3, -0.25) is 0 Å². The molecule has 28 heavy (non-hydrogen) atoms. The monoisotopic (exact) mass is 366 g/mol. The van der Waals surface area contributed by atoms with E-state index in [2.05, 4.69) is 54.9 Å². The van der Waals surface area contributed by atoms with Crippen LogP contribution in [0.5, 0.6) is 0 Å². The van der Waals surface area contributed by atoms with E-state index in [1.54, 1.807) is 0 Å². The van der Waals surface area contributed by atoms with Crippen molar-refractivity contribution in [1.29, 1.82) is 5.26 Å². The number of fused-ring (bicyclic) bond motifs is 1. The van der Waals surface area contributed by atoms with Crippen LogP contribution < -0.4 is 5.32 Å². The first kappa shape index (κ1) is 17.8. The van der Waals surface area contributed by atoms with Gasteiger partial charge in [-0.25, -0.2) is 4.98 Å². The summed E-state index contributed by atoms with van der Waals surface area (Å²) in [6.45, 7) is 6.34. The molecule has 0 aliphatic heterocycles. The van der Waals surface area contributed by atoms with Gasteiger partial charge in [0.05, 0.1) is 5.56 Å². The highest BCUT2D eigenvalue weighted by Crippen LogP contribution is 2.33. The number of anilines is 2. The Kier molecular flexibility index (Phi) is 4.37. The van der Waals surface area contributed by atoms with Gasteiger partial charge in [0.25, 0.3) is 0 Å². The number of pyridine rings is 1. The lowest BCUT2D eigenvalue weighted by atomic mass is 10.0. The molecule has 4 rings (SSSR count). The number of hydrogen-bond donors (Lipinski definition) is 1. The average Bonchev–Trinajstić information content (AvgIpc) is 3.07. The van der Waals surface area contributed by atoms with Crippen molar-refractivity contribution in [1.82, 2.24) is 9.55 Å². The van der Waals surface area contributed by atoms with E-state index in [0.717, 1.165) is 33.5 Å². The molecule has 2 heterocycles. The lowest BCUT2D eigenvalue weighted by Gasteiger charge is -2.21. The van der Waals surface area contributed by atoms with Gasteiger partial charge in [0.15, 0.2) is 0 Å². The molecular formula is C24H22N4. The Morgan fingerprint density at radius 2 is 1.71 bits per heavy atom. The molecule has 1 N–H and O–H groups in total. The summed E-state index contributed by atoms with van der Waals surface area (Å²) in [6.07, 6.45) is 3.78. The van der Waals surface area contributed by atoms with E-state index in [9.17, 15) is 5.26 Å². The second-order valence-electron chi connectivity index (χ2n) is 7.83. The number of benzene rings is 2. The maximum absolute atomic E-state index is 9.62. The first-order chi connectivity index (χ1) is 13.5. The zero-order chi connectivity index (χ0) is 19.7. The average molecular weight is 366 g/mol. The maximum atomic E-state index is 9.62. The molecule has 0 aliphatic carbocycles. The number of para-hydroxylation sites is 2. The molecule has 138 valence electrons. The summed E-state index contributed by atoms with van der Waals surface area (Å²) in [5, 5.41) is 14.0. The molecule has 0 atom stereocenters. The molecule has 0 saturated heterocycles. The van der Waals surface area contributed by atoms with Gasteiger partial charge in [0, 0.05) is 45.8 Å². The maximum Gasteiger partial charge on any atom is 0.141 e. The van der Waals surface area contributed by atoms with Crippen LogP contribution in [-0.4, -0.2) is 9.55 Å². The summed E-state index contributed by atoms with van der Waals surface area (Å²) < 4.78 is 2.07. The summed E-state index contributed by atoms with van der Waals surface area (Å²) in [5.74, 6) is 0. The van der Waals surface area contributed by atoms with Gasteiger partial charge >= 0.3 is 0 Å². The second kappa shape index (κ2) is 6.86. The Hall–Kier alpha value is -3.58. The molecule has 0 bridgehead atoms. The lowest BCUT2D eigenvalue weighted by Crippen LogP contribution is -2.20. The van der Waals surface area contributed by atoms with Crippen molar-refractivity contribution in [2.24, 2.45) is 0 Å². The van der Waals surface area contributed by atoms with Crippen LogP contribution in [0.25, 0.3) is 22.2 Å². The molecule has 0 amide bonds.